The van der Waals surface area contributed by atoms with Crippen molar-refractivity contribution in [1.82, 2.24) is 0 Å². The first-order chi connectivity index (χ1) is 29.1. The van der Waals surface area contributed by atoms with Gasteiger partial charge in [0.25, 0.3) is 0 Å². The molecular formula is C45H64O17. The van der Waals surface area contributed by atoms with Crippen molar-refractivity contribution >= 4 is 35.8 Å². The molecule has 2 aliphatic heterocycles. The SMILES string of the molecule is CC(C)C1CCC(O)(COC(=O)C(=CC2C(C(C)C)CCC3(O)COC(=O)C23)CO)C(C(=O)O)C1C=C(CO)C(=O)OC12CCC(C(C)C)C(C=C(CO)C(=O)O)C1C(=O)OC2. The average molecular weight is 877 g/mol. The normalized spacial score (nSPS) is 36.5. The molecule has 5 rings (SSSR count). The van der Waals surface area contributed by atoms with E-state index in [1.165, 1.54) is 18.2 Å². The van der Waals surface area contributed by atoms with Crippen LogP contribution < -0.4 is 0 Å². The number of aliphatic carboxylic acids is 2. The van der Waals surface area contributed by atoms with Crippen molar-refractivity contribution in [2.45, 2.75) is 96.9 Å². The summed E-state index contributed by atoms with van der Waals surface area (Å²) in [5, 5.41) is 74.6. The first-order valence-corrected chi connectivity index (χ1v) is 21.7. The van der Waals surface area contributed by atoms with E-state index in [0.717, 1.165) is 0 Å². The largest absolute Gasteiger partial charge is 0.481 e. The number of carbonyl (C=O) groups is 6. The predicted octanol–water partition coefficient (Wildman–Crippen LogP) is 2.21. The van der Waals surface area contributed by atoms with Crippen LogP contribution in [0.2, 0.25) is 0 Å². The maximum absolute atomic E-state index is 14.1. The Labute approximate surface area is 361 Å². The van der Waals surface area contributed by atoms with Crippen molar-refractivity contribution in [3.63, 3.8) is 0 Å². The van der Waals surface area contributed by atoms with Gasteiger partial charge < -0.3 is 54.7 Å². The molecule has 346 valence electrons. The molecule has 2 saturated heterocycles. The van der Waals surface area contributed by atoms with Crippen LogP contribution in [-0.4, -0.2) is 128 Å². The lowest BCUT2D eigenvalue weighted by atomic mass is 9.61. The van der Waals surface area contributed by atoms with Gasteiger partial charge in [-0.05, 0) is 91.8 Å². The first-order valence-electron chi connectivity index (χ1n) is 21.7. The highest BCUT2D eigenvalue weighted by molar-refractivity contribution is 5.91. The van der Waals surface area contributed by atoms with Gasteiger partial charge in [-0.25, -0.2) is 14.4 Å². The van der Waals surface area contributed by atoms with E-state index in [-0.39, 0.29) is 78.8 Å². The van der Waals surface area contributed by atoms with Crippen molar-refractivity contribution < 1.29 is 83.5 Å². The summed E-state index contributed by atoms with van der Waals surface area (Å²) >= 11 is 0. The fraction of sp³-hybridized carbons (Fsp3) is 0.733. The Morgan fingerprint density at radius 3 is 1.68 bits per heavy atom. The van der Waals surface area contributed by atoms with Gasteiger partial charge in [0, 0.05) is 0 Å². The summed E-state index contributed by atoms with van der Waals surface area (Å²) < 4.78 is 22.3. The Bertz CT molecular complexity index is 1830. The number of carboxylic acid groups (broad SMARTS) is 2. The summed E-state index contributed by atoms with van der Waals surface area (Å²) in [5.74, 6) is -13.9. The number of cyclic esters (lactones) is 2. The topological polar surface area (TPSA) is 281 Å². The number of esters is 4. The molecule has 2 heterocycles. The predicted molar refractivity (Wildman–Crippen MR) is 216 cm³/mol. The molecule has 5 aliphatic rings. The second-order valence-electron chi connectivity index (χ2n) is 19.2. The van der Waals surface area contributed by atoms with Crippen LogP contribution in [0.4, 0.5) is 0 Å². The van der Waals surface area contributed by atoms with E-state index in [2.05, 4.69) is 0 Å². The van der Waals surface area contributed by atoms with Crippen LogP contribution in [0.3, 0.4) is 0 Å². The summed E-state index contributed by atoms with van der Waals surface area (Å²) in [4.78, 5) is 79.1. The minimum Gasteiger partial charge on any atom is -0.481 e. The van der Waals surface area contributed by atoms with E-state index >= 15 is 0 Å². The van der Waals surface area contributed by atoms with Crippen LogP contribution in [0.1, 0.15) is 80.1 Å². The molecule has 0 amide bonds. The molecule has 12 unspecified atom stereocenters. The van der Waals surface area contributed by atoms with Gasteiger partial charge in [-0.2, -0.15) is 0 Å². The molecule has 0 radical (unpaired) electrons. The summed E-state index contributed by atoms with van der Waals surface area (Å²) in [7, 11) is 0. The Morgan fingerprint density at radius 1 is 0.661 bits per heavy atom. The van der Waals surface area contributed by atoms with Gasteiger partial charge in [0.1, 0.15) is 36.9 Å². The number of ether oxygens (including phenoxy) is 4. The van der Waals surface area contributed by atoms with E-state index < -0.39 is 120 Å². The molecule has 0 aromatic rings. The number of carboxylic acids is 2. The highest BCUT2D eigenvalue weighted by Gasteiger charge is 2.61. The number of rotatable bonds is 16. The molecule has 3 saturated carbocycles. The van der Waals surface area contributed by atoms with E-state index in [4.69, 9.17) is 18.9 Å². The van der Waals surface area contributed by atoms with Gasteiger partial charge in [0.2, 0.25) is 0 Å². The third-order valence-corrected chi connectivity index (χ3v) is 14.6. The van der Waals surface area contributed by atoms with Crippen LogP contribution in [0.5, 0.6) is 0 Å². The fourth-order valence-electron chi connectivity index (χ4n) is 11.2. The lowest BCUT2D eigenvalue weighted by Gasteiger charge is -2.47. The van der Waals surface area contributed by atoms with Gasteiger partial charge in [-0.3, -0.25) is 14.4 Å². The third kappa shape index (κ3) is 9.52. The quantitative estimate of drug-likeness (QED) is 0.0665. The van der Waals surface area contributed by atoms with E-state index in [9.17, 15) is 64.5 Å². The van der Waals surface area contributed by atoms with Gasteiger partial charge in [0.15, 0.2) is 5.60 Å². The van der Waals surface area contributed by atoms with Gasteiger partial charge in [0.05, 0.1) is 48.4 Å². The smallest absolute Gasteiger partial charge is 0.336 e. The molecule has 0 aromatic heterocycles. The first kappa shape index (κ1) is 48.9. The van der Waals surface area contributed by atoms with Crippen LogP contribution in [0, 0.1) is 71.0 Å². The van der Waals surface area contributed by atoms with E-state index in [1.807, 2.05) is 41.5 Å². The lowest BCUT2D eigenvalue weighted by Crippen LogP contribution is -2.55. The van der Waals surface area contributed by atoms with Crippen LogP contribution in [0.15, 0.2) is 34.9 Å². The number of hydrogen-bond acceptors (Lipinski definition) is 15. The summed E-state index contributed by atoms with van der Waals surface area (Å²) in [6.45, 7) is 7.46. The summed E-state index contributed by atoms with van der Waals surface area (Å²) in [6.07, 6.45) is 5.43. The number of allylic oxidation sites excluding steroid dienone is 3. The molecule has 17 nitrogen and oxygen atoms in total. The molecule has 0 spiro atoms. The number of aliphatic hydroxyl groups is 5. The molecule has 3 aliphatic carbocycles. The van der Waals surface area contributed by atoms with Gasteiger partial charge in [-0.1, -0.05) is 59.8 Å². The number of carbonyl (C=O) groups excluding carboxylic acids is 4. The monoisotopic (exact) mass is 876 g/mol. The Morgan fingerprint density at radius 2 is 1.13 bits per heavy atom. The average Bonchev–Trinajstić information content (AvgIpc) is 3.70. The molecule has 17 heteroatoms. The zero-order valence-electron chi connectivity index (χ0n) is 36.4. The maximum Gasteiger partial charge on any atom is 0.336 e. The lowest BCUT2D eigenvalue weighted by molar-refractivity contribution is -0.179. The molecule has 0 bridgehead atoms. The number of aliphatic hydroxyl groups excluding tert-OH is 3. The second kappa shape index (κ2) is 19.3. The zero-order valence-corrected chi connectivity index (χ0v) is 36.4. The Kier molecular flexibility index (Phi) is 15.2. The Balaban J connectivity index is 1.43. The second-order valence-corrected chi connectivity index (χ2v) is 19.2. The van der Waals surface area contributed by atoms with E-state index in [1.54, 1.807) is 0 Å². The van der Waals surface area contributed by atoms with Crippen molar-refractivity contribution in [3.8, 4) is 0 Å². The maximum atomic E-state index is 14.1. The molecule has 12 atom stereocenters. The molecule has 7 N–H and O–H groups in total. The Hall–Kier alpha value is -4.16. The summed E-state index contributed by atoms with van der Waals surface area (Å²) in [5.41, 5.74) is -6.18. The molecule has 0 aromatic carbocycles. The molecule has 5 fully saturated rings. The third-order valence-electron chi connectivity index (χ3n) is 14.6. The van der Waals surface area contributed by atoms with Crippen LogP contribution in [0.25, 0.3) is 0 Å². The van der Waals surface area contributed by atoms with Crippen molar-refractivity contribution in [3.05, 3.63) is 34.9 Å². The van der Waals surface area contributed by atoms with E-state index in [0.29, 0.717) is 19.3 Å². The zero-order chi connectivity index (χ0) is 46.1. The van der Waals surface area contributed by atoms with Gasteiger partial charge >= 0.3 is 35.8 Å². The number of fused-ring (bicyclic) bond motifs is 2. The molecular weight excluding hydrogens is 812 g/mol. The fourth-order valence-corrected chi connectivity index (χ4v) is 11.2. The van der Waals surface area contributed by atoms with Crippen molar-refractivity contribution in [2.24, 2.45) is 71.0 Å². The van der Waals surface area contributed by atoms with Crippen molar-refractivity contribution in [1.29, 1.82) is 0 Å². The standard InChI is InChI=1S/C45H64O17/c1-22(2)28-7-10-43(57,19-59-39(53)26(17-47)14-32-29(23(3)4)8-11-44(58)20-60-41(55)35(32)44)34(38(51)52)31(28)15-27(18-48)40(54)62-45-12-9-30(24(5)6)33(13-25(16-46)37(49)50)36(45)42(56)61-21-45/h13-15,22-24,28-36,46-48,57-58H,7-12,16-21H2,1-6H3,(H,49,50)(H,51,52). The summed E-state index contributed by atoms with van der Waals surface area (Å²) in [6, 6.07) is 0. The van der Waals surface area contributed by atoms with Crippen LogP contribution in [-0.2, 0) is 47.7 Å². The number of hydrogen-bond donors (Lipinski definition) is 7. The van der Waals surface area contributed by atoms with Gasteiger partial charge in [-0.15, -0.1) is 0 Å². The molecule has 62 heavy (non-hydrogen) atoms. The van der Waals surface area contributed by atoms with Crippen LogP contribution >= 0.6 is 0 Å². The minimum absolute atomic E-state index is 0.0253. The highest BCUT2D eigenvalue weighted by atomic mass is 16.6. The highest BCUT2D eigenvalue weighted by Crippen LogP contribution is 2.52. The van der Waals surface area contributed by atoms with Crippen molar-refractivity contribution in [2.75, 3.05) is 39.6 Å². The minimum atomic E-state index is -2.21.